The number of hydrogen-bond acceptors (Lipinski definition) is 3. The third kappa shape index (κ3) is 5.49. The summed E-state index contributed by atoms with van der Waals surface area (Å²) in [6, 6.07) is 4.70. The Morgan fingerprint density at radius 1 is 1.20 bits per heavy atom. The van der Waals surface area contributed by atoms with Crippen LogP contribution in [0.5, 0.6) is 5.88 Å². The molecular formula is C17H30N2O. The number of rotatable bonds is 6. The fourth-order valence-electron chi connectivity index (χ4n) is 1.72. The van der Waals surface area contributed by atoms with E-state index in [1.54, 1.807) is 0 Å². The van der Waals surface area contributed by atoms with Crippen LogP contribution in [0.1, 0.15) is 66.1 Å². The number of ether oxygens (including phenoxy) is 1. The molecular weight excluding hydrogens is 248 g/mol. The summed E-state index contributed by atoms with van der Waals surface area (Å²) in [5, 5.41) is 3.45. The molecule has 1 atom stereocenters. The van der Waals surface area contributed by atoms with E-state index in [0.29, 0.717) is 6.04 Å². The maximum atomic E-state index is 5.91. The summed E-state index contributed by atoms with van der Waals surface area (Å²) in [6.07, 6.45) is 1.18. The van der Waals surface area contributed by atoms with Gasteiger partial charge in [0.1, 0.15) is 0 Å². The van der Waals surface area contributed by atoms with Crippen LogP contribution in [0, 0.1) is 0 Å². The van der Waals surface area contributed by atoms with Gasteiger partial charge in [0.25, 0.3) is 0 Å². The maximum absolute atomic E-state index is 5.91. The van der Waals surface area contributed by atoms with E-state index in [1.165, 1.54) is 5.56 Å². The summed E-state index contributed by atoms with van der Waals surface area (Å²) in [5.41, 5.74) is 2.34. The minimum atomic E-state index is 0.0292. The lowest BCUT2D eigenvalue weighted by atomic mass is 9.91. The predicted octanol–water partition coefficient (Wildman–Crippen LogP) is 4.05. The third-order valence-corrected chi connectivity index (χ3v) is 3.24. The zero-order chi connectivity index (χ0) is 15.3. The number of nitrogens with one attached hydrogen (secondary N) is 1. The average molecular weight is 278 g/mol. The van der Waals surface area contributed by atoms with Gasteiger partial charge in [-0.2, -0.15) is 0 Å². The summed E-state index contributed by atoms with van der Waals surface area (Å²) >= 11 is 0. The van der Waals surface area contributed by atoms with Crippen molar-refractivity contribution in [3.05, 3.63) is 23.4 Å². The molecule has 1 N–H and O–H groups in total. The summed E-state index contributed by atoms with van der Waals surface area (Å²) in [7, 11) is 0. The van der Waals surface area contributed by atoms with Crippen molar-refractivity contribution < 1.29 is 4.74 Å². The van der Waals surface area contributed by atoms with Gasteiger partial charge in [0.15, 0.2) is 0 Å². The van der Waals surface area contributed by atoms with Crippen molar-refractivity contribution >= 4 is 0 Å². The fourth-order valence-corrected chi connectivity index (χ4v) is 1.72. The Balaban J connectivity index is 3.01. The monoisotopic (exact) mass is 278 g/mol. The first-order valence-corrected chi connectivity index (χ1v) is 7.63. The average Bonchev–Trinajstić information content (AvgIpc) is 2.35. The smallest absolute Gasteiger partial charge is 0.214 e. The van der Waals surface area contributed by atoms with Crippen molar-refractivity contribution in [2.45, 2.75) is 79.0 Å². The van der Waals surface area contributed by atoms with Crippen LogP contribution in [0.15, 0.2) is 12.1 Å². The predicted molar refractivity (Wildman–Crippen MR) is 85.3 cm³/mol. The molecule has 3 heteroatoms. The molecule has 0 saturated heterocycles. The number of aromatic nitrogens is 1. The zero-order valence-corrected chi connectivity index (χ0v) is 14.1. The van der Waals surface area contributed by atoms with Gasteiger partial charge < -0.3 is 10.1 Å². The lowest BCUT2D eigenvalue weighted by Crippen LogP contribution is -2.23. The van der Waals surface area contributed by atoms with Gasteiger partial charge in [-0.1, -0.05) is 41.5 Å². The molecule has 0 aliphatic carbocycles. The highest BCUT2D eigenvalue weighted by Gasteiger charge is 2.18. The standard InChI is InChI=1S/C17H30N2O/c1-8-13(4)20-16-10-14(11-18-12(2)3)9-15(19-16)17(5,6)7/h9-10,12-13,18H,8,11H2,1-7H3. The van der Waals surface area contributed by atoms with Gasteiger partial charge >= 0.3 is 0 Å². The fraction of sp³-hybridized carbons (Fsp3) is 0.706. The van der Waals surface area contributed by atoms with E-state index in [9.17, 15) is 0 Å². The summed E-state index contributed by atoms with van der Waals surface area (Å²) in [5.74, 6) is 0.743. The highest BCUT2D eigenvalue weighted by Crippen LogP contribution is 2.25. The van der Waals surface area contributed by atoms with Gasteiger partial charge in [-0.15, -0.1) is 0 Å². The van der Waals surface area contributed by atoms with Gasteiger partial charge in [0.05, 0.1) is 11.8 Å². The molecule has 0 fully saturated rings. The van der Waals surface area contributed by atoms with Crippen LogP contribution in [-0.2, 0) is 12.0 Å². The van der Waals surface area contributed by atoms with Crippen molar-refractivity contribution in [2.24, 2.45) is 0 Å². The first-order chi connectivity index (χ1) is 9.22. The van der Waals surface area contributed by atoms with Gasteiger partial charge in [-0.25, -0.2) is 4.98 Å². The number of nitrogens with zero attached hydrogens (tertiary/aromatic N) is 1. The van der Waals surface area contributed by atoms with Crippen LogP contribution in [-0.4, -0.2) is 17.1 Å². The van der Waals surface area contributed by atoms with Crippen LogP contribution in [0.4, 0.5) is 0 Å². The minimum Gasteiger partial charge on any atom is -0.475 e. The molecule has 0 amide bonds. The van der Waals surface area contributed by atoms with Crippen molar-refractivity contribution in [1.29, 1.82) is 0 Å². The van der Waals surface area contributed by atoms with Crippen LogP contribution in [0.2, 0.25) is 0 Å². The molecule has 1 rings (SSSR count). The Hall–Kier alpha value is -1.09. The Morgan fingerprint density at radius 3 is 2.35 bits per heavy atom. The normalized spacial score (nSPS) is 13.6. The lowest BCUT2D eigenvalue weighted by Gasteiger charge is -2.21. The molecule has 1 heterocycles. The van der Waals surface area contributed by atoms with Crippen molar-refractivity contribution in [3.8, 4) is 5.88 Å². The zero-order valence-electron chi connectivity index (χ0n) is 14.1. The van der Waals surface area contributed by atoms with E-state index in [0.717, 1.165) is 24.5 Å². The quantitative estimate of drug-likeness (QED) is 0.852. The van der Waals surface area contributed by atoms with Crippen LogP contribution >= 0.6 is 0 Å². The van der Waals surface area contributed by atoms with E-state index in [-0.39, 0.29) is 11.5 Å². The van der Waals surface area contributed by atoms with Crippen LogP contribution in [0.25, 0.3) is 0 Å². The van der Waals surface area contributed by atoms with E-state index in [1.807, 2.05) is 0 Å². The van der Waals surface area contributed by atoms with Gasteiger partial charge in [-0.05, 0) is 25.0 Å². The molecule has 1 unspecified atom stereocenters. The van der Waals surface area contributed by atoms with Gasteiger partial charge in [-0.3, -0.25) is 0 Å². The molecule has 114 valence electrons. The molecule has 0 radical (unpaired) electrons. The second-order valence-corrected chi connectivity index (χ2v) is 6.82. The molecule has 0 aromatic carbocycles. The largest absolute Gasteiger partial charge is 0.475 e. The minimum absolute atomic E-state index is 0.0292. The highest BCUT2D eigenvalue weighted by atomic mass is 16.5. The van der Waals surface area contributed by atoms with E-state index in [2.05, 4.69) is 70.9 Å². The number of pyridine rings is 1. The van der Waals surface area contributed by atoms with E-state index < -0.39 is 0 Å². The first kappa shape index (κ1) is 17.0. The van der Waals surface area contributed by atoms with Crippen molar-refractivity contribution in [3.63, 3.8) is 0 Å². The van der Waals surface area contributed by atoms with E-state index in [4.69, 9.17) is 4.74 Å². The second-order valence-electron chi connectivity index (χ2n) is 6.82. The summed E-state index contributed by atoms with van der Waals surface area (Å²) in [4.78, 5) is 4.67. The summed E-state index contributed by atoms with van der Waals surface area (Å²) in [6.45, 7) is 15.9. The Bertz CT molecular complexity index is 421. The van der Waals surface area contributed by atoms with Crippen molar-refractivity contribution in [2.75, 3.05) is 0 Å². The van der Waals surface area contributed by atoms with Crippen molar-refractivity contribution in [1.82, 2.24) is 10.3 Å². The Kier molecular flexibility index (Phi) is 6.00. The van der Waals surface area contributed by atoms with Gasteiger partial charge in [0.2, 0.25) is 5.88 Å². The molecule has 0 saturated carbocycles. The molecule has 0 aliphatic rings. The van der Waals surface area contributed by atoms with E-state index >= 15 is 0 Å². The van der Waals surface area contributed by atoms with Crippen LogP contribution in [0.3, 0.4) is 0 Å². The molecule has 0 spiro atoms. The molecule has 1 aromatic rings. The molecule has 1 aromatic heterocycles. The lowest BCUT2D eigenvalue weighted by molar-refractivity contribution is 0.207. The van der Waals surface area contributed by atoms with Gasteiger partial charge in [0, 0.05) is 24.1 Å². The SMILES string of the molecule is CCC(C)Oc1cc(CNC(C)C)cc(C(C)(C)C)n1. The number of hydrogen-bond donors (Lipinski definition) is 1. The molecule has 0 aliphatic heterocycles. The first-order valence-electron chi connectivity index (χ1n) is 7.63. The highest BCUT2D eigenvalue weighted by molar-refractivity contribution is 5.28. The summed E-state index contributed by atoms with van der Waals surface area (Å²) < 4.78 is 5.91. The third-order valence-electron chi connectivity index (χ3n) is 3.24. The topological polar surface area (TPSA) is 34.1 Å². The maximum Gasteiger partial charge on any atom is 0.214 e. The van der Waals surface area contributed by atoms with Crippen LogP contribution < -0.4 is 10.1 Å². The molecule has 20 heavy (non-hydrogen) atoms. The Labute approximate surface area is 124 Å². The molecule has 3 nitrogen and oxygen atoms in total. The second kappa shape index (κ2) is 7.07. The molecule has 0 bridgehead atoms. The Morgan fingerprint density at radius 2 is 1.85 bits per heavy atom.